The Morgan fingerprint density at radius 3 is 1.93 bits per heavy atom. The van der Waals surface area contributed by atoms with Gasteiger partial charge < -0.3 is 10.2 Å². The Balaban J connectivity index is 0.000000828. The molecule has 0 spiro atoms. The van der Waals surface area contributed by atoms with Gasteiger partial charge in [-0.1, -0.05) is 77.8 Å². The third-order valence-corrected chi connectivity index (χ3v) is 4.92. The van der Waals surface area contributed by atoms with E-state index in [1.54, 1.807) is 0 Å². The molecule has 0 aromatic heterocycles. The third kappa shape index (κ3) is 6.27. The summed E-state index contributed by atoms with van der Waals surface area (Å²) in [6.45, 7) is 10.2. The van der Waals surface area contributed by atoms with E-state index in [4.69, 9.17) is 0 Å². The van der Waals surface area contributed by atoms with Crippen molar-refractivity contribution in [2.24, 2.45) is 0 Å². The fourth-order valence-electron chi connectivity index (χ4n) is 2.95. The van der Waals surface area contributed by atoms with Crippen LogP contribution in [-0.4, -0.2) is 20.3 Å². The van der Waals surface area contributed by atoms with Crippen LogP contribution in [0.25, 0.3) is 0 Å². The van der Waals surface area contributed by atoms with E-state index < -0.39 is 11.6 Å². The Bertz CT molecular complexity index is 678. The van der Waals surface area contributed by atoms with Gasteiger partial charge in [-0.2, -0.15) is 0 Å². The molecular formula is C24H37FN2. The Morgan fingerprint density at radius 2 is 1.41 bits per heavy atom. The van der Waals surface area contributed by atoms with Gasteiger partial charge in [0.15, 0.2) is 0 Å². The summed E-state index contributed by atoms with van der Waals surface area (Å²) in [7, 11) is 4.04. The molecule has 0 fully saturated rings. The lowest BCUT2D eigenvalue weighted by Crippen LogP contribution is -2.30. The molecule has 0 saturated heterocycles. The van der Waals surface area contributed by atoms with E-state index in [2.05, 4.69) is 30.1 Å². The van der Waals surface area contributed by atoms with E-state index in [-0.39, 0.29) is 0 Å². The predicted octanol–water partition coefficient (Wildman–Crippen LogP) is 7.33. The summed E-state index contributed by atoms with van der Waals surface area (Å²) in [5.41, 5.74) is 3.55. The molecule has 2 aromatic carbocycles. The standard InChI is InChI=1S/C20H27FN2.C4H10/c1-6-19(21)20(2,3)15-11-7-8-12-16(15)22-17-13-9-10-14-18(17)23(4)5;1-3-4-2/h7-14,19,22H,6H2,1-5H3;3-4H2,1-2H3/t19-;/m1./s1. The summed E-state index contributed by atoms with van der Waals surface area (Å²) in [5, 5.41) is 3.50. The lowest BCUT2D eigenvalue weighted by atomic mass is 9.78. The highest BCUT2D eigenvalue weighted by atomic mass is 19.1. The monoisotopic (exact) mass is 372 g/mol. The topological polar surface area (TPSA) is 15.3 Å². The van der Waals surface area contributed by atoms with E-state index in [9.17, 15) is 4.39 Å². The number of hydrogen-bond acceptors (Lipinski definition) is 2. The number of nitrogens with zero attached hydrogens (tertiary/aromatic N) is 1. The molecule has 0 heterocycles. The zero-order valence-corrected chi connectivity index (χ0v) is 18.1. The SMILES string of the molecule is CCCC.CC[C@@H](F)C(C)(C)c1ccccc1Nc1ccccc1N(C)C. The fraction of sp³-hybridized carbons (Fsp3) is 0.500. The Labute approximate surface area is 165 Å². The van der Waals surface area contributed by atoms with Crippen LogP contribution in [-0.2, 0) is 5.41 Å². The second-order valence-electron chi connectivity index (χ2n) is 7.68. The highest BCUT2D eigenvalue weighted by molar-refractivity contribution is 5.76. The number of hydrogen-bond donors (Lipinski definition) is 1. The van der Waals surface area contributed by atoms with Crippen molar-refractivity contribution in [2.45, 2.75) is 65.5 Å². The molecule has 27 heavy (non-hydrogen) atoms. The maximum absolute atomic E-state index is 14.5. The zero-order valence-electron chi connectivity index (χ0n) is 18.1. The quantitative estimate of drug-likeness (QED) is 0.547. The first kappa shape index (κ1) is 23.0. The first-order chi connectivity index (χ1) is 12.8. The maximum Gasteiger partial charge on any atom is 0.109 e. The van der Waals surface area contributed by atoms with Gasteiger partial charge in [-0.25, -0.2) is 4.39 Å². The summed E-state index contributed by atoms with van der Waals surface area (Å²) in [4.78, 5) is 2.07. The van der Waals surface area contributed by atoms with E-state index in [1.807, 2.05) is 77.3 Å². The van der Waals surface area contributed by atoms with Crippen molar-refractivity contribution in [1.82, 2.24) is 0 Å². The van der Waals surface area contributed by atoms with Gasteiger partial charge in [-0.15, -0.1) is 0 Å². The third-order valence-electron chi connectivity index (χ3n) is 4.92. The highest BCUT2D eigenvalue weighted by Crippen LogP contribution is 2.38. The Morgan fingerprint density at radius 1 is 0.889 bits per heavy atom. The van der Waals surface area contributed by atoms with Crippen LogP contribution < -0.4 is 10.2 Å². The summed E-state index contributed by atoms with van der Waals surface area (Å²) < 4.78 is 14.5. The largest absolute Gasteiger partial charge is 0.376 e. The number of para-hydroxylation sites is 3. The number of rotatable bonds is 7. The molecule has 1 N–H and O–H groups in total. The molecule has 2 rings (SSSR count). The molecule has 0 bridgehead atoms. The summed E-state index contributed by atoms with van der Waals surface area (Å²) in [6, 6.07) is 16.1. The van der Waals surface area contributed by atoms with Crippen LogP contribution in [0.3, 0.4) is 0 Å². The fourth-order valence-corrected chi connectivity index (χ4v) is 2.95. The first-order valence-corrected chi connectivity index (χ1v) is 10.1. The van der Waals surface area contributed by atoms with Gasteiger partial charge in [-0.05, 0) is 30.2 Å². The van der Waals surface area contributed by atoms with Crippen LogP contribution >= 0.6 is 0 Å². The molecule has 0 aliphatic rings. The average molecular weight is 373 g/mol. The molecular weight excluding hydrogens is 335 g/mol. The van der Waals surface area contributed by atoms with Crippen molar-refractivity contribution in [3.8, 4) is 0 Å². The highest BCUT2D eigenvalue weighted by Gasteiger charge is 2.32. The molecule has 0 saturated carbocycles. The molecule has 0 amide bonds. The van der Waals surface area contributed by atoms with Crippen LogP contribution in [0, 0.1) is 0 Å². The van der Waals surface area contributed by atoms with Crippen molar-refractivity contribution >= 4 is 17.1 Å². The van der Waals surface area contributed by atoms with E-state index in [1.165, 1.54) is 12.8 Å². The van der Waals surface area contributed by atoms with Gasteiger partial charge in [0.05, 0.1) is 11.4 Å². The summed E-state index contributed by atoms with van der Waals surface area (Å²) in [5.74, 6) is 0. The number of alkyl halides is 1. The van der Waals surface area contributed by atoms with Crippen LogP contribution in [0.5, 0.6) is 0 Å². The second-order valence-corrected chi connectivity index (χ2v) is 7.68. The molecule has 0 unspecified atom stereocenters. The Hall–Kier alpha value is -2.03. The van der Waals surface area contributed by atoms with Crippen molar-refractivity contribution in [1.29, 1.82) is 0 Å². The van der Waals surface area contributed by atoms with Crippen molar-refractivity contribution in [3.05, 3.63) is 54.1 Å². The van der Waals surface area contributed by atoms with E-state index in [0.717, 1.165) is 22.6 Å². The average Bonchev–Trinajstić information content (AvgIpc) is 2.68. The van der Waals surface area contributed by atoms with Crippen molar-refractivity contribution in [3.63, 3.8) is 0 Å². The van der Waals surface area contributed by atoms with Crippen molar-refractivity contribution in [2.75, 3.05) is 24.3 Å². The molecule has 150 valence electrons. The molecule has 3 heteroatoms. The van der Waals surface area contributed by atoms with Gasteiger partial charge in [-0.3, -0.25) is 0 Å². The van der Waals surface area contributed by atoms with Crippen LogP contribution in [0.2, 0.25) is 0 Å². The minimum atomic E-state index is -0.880. The minimum absolute atomic E-state index is 0.510. The van der Waals surface area contributed by atoms with Gasteiger partial charge in [0.25, 0.3) is 0 Å². The Kier molecular flexibility index (Phi) is 9.34. The second kappa shape index (κ2) is 11.0. The van der Waals surface area contributed by atoms with Crippen LogP contribution in [0.15, 0.2) is 48.5 Å². The lowest BCUT2D eigenvalue weighted by molar-refractivity contribution is 0.210. The lowest BCUT2D eigenvalue weighted by Gasteiger charge is -2.31. The van der Waals surface area contributed by atoms with Crippen LogP contribution in [0.1, 0.15) is 59.4 Å². The molecule has 2 nitrogen and oxygen atoms in total. The zero-order chi connectivity index (χ0) is 20.4. The number of nitrogens with one attached hydrogen (secondary N) is 1. The number of unbranched alkanes of at least 4 members (excludes halogenated alkanes) is 1. The maximum atomic E-state index is 14.5. The van der Waals surface area contributed by atoms with E-state index in [0.29, 0.717) is 6.42 Å². The molecule has 0 aliphatic carbocycles. The number of halogens is 1. The molecule has 1 atom stereocenters. The van der Waals surface area contributed by atoms with Crippen molar-refractivity contribution < 1.29 is 4.39 Å². The first-order valence-electron chi connectivity index (χ1n) is 10.1. The number of benzene rings is 2. The normalized spacial score (nSPS) is 12.0. The van der Waals surface area contributed by atoms with E-state index >= 15 is 0 Å². The summed E-state index contributed by atoms with van der Waals surface area (Å²) >= 11 is 0. The molecule has 0 aliphatic heterocycles. The predicted molar refractivity (Wildman–Crippen MR) is 119 cm³/mol. The van der Waals surface area contributed by atoms with Gasteiger partial charge in [0, 0.05) is 25.2 Å². The van der Waals surface area contributed by atoms with Crippen LogP contribution in [0.4, 0.5) is 21.5 Å². The molecule has 2 aromatic rings. The van der Waals surface area contributed by atoms with Gasteiger partial charge >= 0.3 is 0 Å². The van der Waals surface area contributed by atoms with Gasteiger partial charge in [0.1, 0.15) is 6.17 Å². The van der Waals surface area contributed by atoms with Gasteiger partial charge in [0.2, 0.25) is 0 Å². The summed E-state index contributed by atoms with van der Waals surface area (Å²) in [6.07, 6.45) is 2.27. The molecule has 0 radical (unpaired) electrons. The minimum Gasteiger partial charge on any atom is -0.376 e. The number of anilines is 3. The smallest absolute Gasteiger partial charge is 0.109 e.